The number of hydrogen-bond donors (Lipinski definition) is 1. The molecule has 2 atom stereocenters. The second kappa shape index (κ2) is 8.31. The maximum atomic E-state index is 10.2. The molecule has 1 saturated carbocycles. The Bertz CT molecular complexity index is 357. The van der Waals surface area contributed by atoms with Gasteiger partial charge in [0.05, 0.1) is 6.10 Å². The summed E-state index contributed by atoms with van der Waals surface area (Å²) in [5.41, 5.74) is 0. The molecule has 2 heteroatoms. The molecule has 1 aromatic carbocycles. The van der Waals surface area contributed by atoms with Crippen molar-refractivity contribution in [2.24, 2.45) is 11.8 Å². The number of benzene rings is 1. The van der Waals surface area contributed by atoms with Crippen molar-refractivity contribution in [3.63, 3.8) is 0 Å². The standard InChI is InChI=1S/C18H28O2/c1-2-15(16-9-5-3-6-10-16)13-17(19)14-20-18-11-7-4-8-12-18/h4,7-8,11-12,15-17,19H,2-3,5-6,9-10,13-14H2,1H3. The van der Waals surface area contributed by atoms with E-state index < -0.39 is 0 Å². The zero-order valence-electron chi connectivity index (χ0n) is 12.6. The minimum atomic E-state index is -0.345. The lowest BCUT2D eigenvalue weighted by Crippen LogP contribution is -2.26. The SMILES string of the molecule is CCC(CC(O)COc1ccccc1)C1CCCCC1. The van der Waals surface area contributed by atoms with E-state index in [9.17, 15) is 5.11 Å². The molecule has 0 spiro atoms. The van der Waals surface area contributed by atoms with Gasteiger partial charge in [-0.15, -0.1) is 0 Å². The van der Waals surface area contributed by atoms with Crippen LogP contribution in [0.15, 0.2) is 30.3 Å². The normalized spacial score (nSPS) is 19.5. The third kappa shape index (κ3) is 4.82. The van der Waals surface area contributed by atoms with Crippen molar-refractivity contribution in [1.29, 1.82) is 0 Å². The fourth-order valence-electron chi connectivity index (χ4n) is 3.42. The molecule has 2 rings (SSSR count). The van der Waals surface area contributed by atoms with Crippen LogP contribution < -0.4 is 4.74 Å². The lowest BCUT2D eigenvalue weighted by molar-refractivity contribution is 0.0673. The third-order valence-corrected chi connectivity index (χ3v) is 4.60. The van der Waals surface area contributed by atoms with Crippen LogP contribution in [0, 0.1) is 11.8 Å². The second-order valence-corrected chi connectivity index (χ2v) is 6.08. The van der Waals surface area contributed by atoms with Gasteiger partial charge in [0, 0.05) is 0 Å². The first-order valence-corrected chi connectivity index (χ1v) is 8.15. The van der Waals surface area contributed by atoms with E-state index in [1.807, 2.05) is 30.3 Å². The van der Waals surface area contributed by atoms with E-state index >= 15 is 0 Å². The summed E-state index contributed by atoms with van der Waals surface area (Å²) in [5.74, 6) is 2.32. The van der Waals surface area contributed by atoms with Crippen LogP contribution in [0.4, 0.5) is 0 Å². The summed E-state index contributed by atoms with van der Waals surface area (Å²) >= 11 is 0. The molecule has 0 aliphatic heterocycles. The van der Waals surface area contributed by atoms with Crippen molar-refractivity contribution in [3.8, 4) is 5.75 Å². The molecule has 1 aliphatic rings. The summed E-state index contributed by atoms with van der Waals surface area (Å²) in [6.45, 7) is 2.66. The zero-order valence-corrected chi connectivity index (χ0v) is 12.6. The number of aliphatic hydroxyl groups excluding tert-OH is 1. The van der Waals surface area contributed by atoms with Crippen LogP contribution in [0.25, 0.3) is 0 Å². The summed E-state index contributed by atoms with van der Waals surface area (Å²) < 4.78 is 5.65. The van der Waals surface area contributed by atoms with E-state index in [0.717, 1.165) is 18.1 Å². The molecule has 2 unspecified atom stereocenters. The molecule has 1 N–H and O–H groups in total. The number of ether oxygens (including phenoxy) is 1. The largest absolute Gasteiger partial charge is 0.491 e. The predicted octanol–water partition coefficient (Wildman–Crippen LogP) is 4.42. The summed E-state index contributed by atoms with van der Waals surface area (Å²) in [6, 6.07) is 9.76. The van der Waals surface area contributed by atoms with Gasteiger partial charge in [0.25, 0.3) is 0 Å². The molecular weight excluding hydrogens is 248 g/mol. The Morgan fingerprint density at radius 3 is 2.50 bits per heavy atom. The van der Waals surface area contributed by atoms with Crippen molar-refractivity contribution in [2.75, 3.05) is 6.61 Å². The lowest BCUT2D eigenvalue weighted by Gasteiger charge is -2.31. The van der Waals surface area contributed by atoms with Gasteiger partial charge in [-0.25, -0.2) is 0 Å². The van der Waals surface area contributed by atoms with E-state index in [1.165, 1.54) is 38.5 Å². The highest BCUT2D eigenvalue weighted by Crippen LogP contribution is 2.34. The number of aliphatic hydroxyl groups is 1. The molecule has 0 heterocycles. The molecule has 1 aliphatic carbocycles. The van der Waals surface area contributed by atoms with Crippen LogP contribution in [0.2, 0.25) is 0 Å². The minimum Gasteiger partial charge on any atom is -0.491 e. The first-order valence-electron chi connectivity index (χ1n) is 8.15. The van der Waals surface area contributed by atoms with Crippen LogP contribution >= 0.6 is 0 Å². The Morgan fingerprint density at radius 2 is 1.85 bits per heavy atom. The molecule has 1 aromatic rings. The molecule has 1 fully saturated rings. The van der Waals surface area contributed by atoms with Gasteiger partial charge in [-0.3, -0.25) is 0 Å². The van der Waals surface area contributed by atoms with E-state index in [1.54, 1.807) is 0 Å². The third-order valence-electron chi connectivity index (χ3n) is 4.60. The Morgan fingerprint density at radius 1 is 1.15 bits per heavy atom. The maximum absolute atomic E-state index is 10.2. The van der Waals surface area contributed by atoms with Crippen LogP contribution in [0.5, 0.6) is 5.75 Å². The van der Waals surface area contributed by atoms with Gasteiger partial charge >= 0.3 is 0 Å². The van der Waals surface area contributed by atoms with Crippen LogP contribution in [-0.4, -0.2) is 17.8 Å². The van der Waals surface area contributed by atoms with Crippen molar-refractivity contribution in [1.82, 2.24) is 0 Å². The van der Waals surface area contributed by atoms with Gasteiger partial charge in [-0.2, -0.15) is 0 Å². The van der Waals surface area contributed by atoms with E-state index in [2.05, 4.69) is 6.92 Å². The maximum Gasteiger partial charge on any atom is 0.119 e. The highest BCUT2D eigenvalue weighted by molar-refractivity contribution is 5.20. The Labute approximate surface area is 123 Å². The monoisotopic (exact) mass is 276 g/mol. The summed E-state index contributed by atoms with van der Waals surface area (Å²) in [6.07, 6.45) is 8.56. The summed E-state index contributed by atoms with van der Waals surface area (Å²) in [7, 11) is 0. The van der Waals surface area contributed by atoms with E-state index in [0.29, 0.717) is 12.5 Å². The van der Waals surface area contributed by atoms with Gasteiger partial charge in [0.15, 0.2) is 0 Å². The molecule has 0 radical (unpaired) electrons. The fourth-order valence-corrected chi connectivity index (χ4v) is 3.42. The number of hydrogen-bond acceptors (Lipinski definition) is 2. The first kappa shape index (κ1) is 15.4. The number of para-hydroxylation sites is 1. The Hall–Kier alpha value is -1.02. The van der Waals surface area contributed by atoms with Crippen molar-refractivity contribution < 1.29 is 9.84 Å². The molecular formula is C18H28O2. The quantitative estimate of drug-likeness (QED) is 0.798. The minimum absolute atomic E-state index is 0.345. The fraction of sp³-hybridized carbons (Fsp3) is 0.667. The van der Waals surface area contributed by atoms with Gasteiger partial charge in [0.1, 0.15) is 12.4 Å². The first-order chi connectivity index (χ1) is 9.79. The smallest absolute Gasteiger partial charge is 0.119 e. The molecule has 2 nitrogen and oxygen atoms in total. The average molecular weight is 276 g/mol. The van der Waals surface area contributed by atoms with Crippen LogP contribution in [-0.2, 0) is 0 Å². The van der Waals surface area contributed by atoms with Crippen molar-refractivity contribution in [3.05, 3.63) is 30.3 Å². The van der Waals surface area contributed by atoms with Crippen LogP contribution in [0.1, 0.15) is 51.9 Å². The molecule has 112 valence electrons. The van der Waals surface area contributed by atoms with Crippen molar-refractivity contribution >= 4 is 0 Å². The highest BCUT2D eigenvalue weighted by Gasteiger charge is 2.24. The summed E-state index contributed by atoms with van der Waals surface area (Å²) in [4.78, 5) is 0. The second-order valence-electron chi connectivity index (χ2n) is 6.08. The van der Waals surface area contributed by atoms with Gasteiger partial charge in [-0.1, -0.05) is 63.6 Å². The van der Waals surface area contributed by atoms with Crippen molar-refractivity contribution in [2.45, 2.75) is 58.0 Å². The zero-order chi connectivity index (χ0) is 14.2. The van der Waals surface area contributed by atoms with Gasteiger partial charge < -0.3 is 9.84 Å². The molecule has 0 bridgehead atoms. The van der Waals surface area contributed by atoms with E-state index in [4.69, 9.17) is 4.74 Å². The Kier molecular flexibility index (Phi) is 6.38. The average Bonchev–Trinajstić information content (AvgIpc) is 2.52. The molecule has 0 aromatic heterocycles. The molecule has 20 heavy (non-hydrogen) atoms. The van der Waals surface area contributed by atoms with Crippen LogP contribution in [0.3, 0.4) is 0 Å². The highest BCUT2D eigenvalue weighted by atomic mass is 16.5. The van der Waals surface area contributed by atoms with Gasteiger partial charge in [0.2, 0.25) is 0 Å². The Balaban J connectivity index is 1.75. The molecule has 0 amide bonds. The van der Waals surface area contributed by atoms with E-state index in [-0.39, 0.29) is 6.10 Å². The summed E-state index contributed by atoms with van der Waals surface area (Å²) in [5, 5.41) is 10.2. The topological polar surface area (TPSA) is 29.5 Å². The lowest BCUT2D eigenvalue weighted by atomic mass is 9.76. The number of rotatable bonds is 7. The predicted molar refractivity (Wildman–Crippen MR) is 82.9 cm³/mol. The molecule has 0 saturated heterocycles. The van der Waals surface area contributed by atoms with Gasteiger partial charge in [-0.05, 0) is 30.4 Å².